The van der Waals surface area contributed by atoms with Crippen LogP contribution in [-0.2, 0) is 19.6 Å². The topological polar surface area (TPSA) is 102 Å². The SMILES string of the molecule is CC(C)NS(=O)(=O)c1ccc(NC(=O)[C@H](C)OC(=O)c2cccc(F)c2)cc1. The van der Waals surface area contributed by atoms with Crippen LogP contribution in [0.5, 0.6) is 0 Å². The van der Waals surface area contributed by atoms with Crippen LogP contribution in [0.25, 0.3) is 0 Å². The first-order chi connectivity index (χ1) is 13.1. The van der Waals surface area contributed by atoms with E-state index >= 15 is 0 Å². The molecule has 0 aromatic heterocycles. The molecular weight excluding hydrogens is 387 g/mol. The van der Waals surface area contributed by atoms with Crippen LogP contribution in [-0.4, -0.2) is 32.4 Å². The molecule has 2 N–H and O–H groups in total. The van der Waals surface area contributed by atoms with Crippen molar-refractivity contribution in [3.05, 3.63) is 59.9 Å². The summed E-state index contributed by atoms with van der Waals surface area (Å²) in [5.74, 6) is -2.03. The Kier molecular flexibility index (Phi) is 6.87. The highest BCUT2D eigenvalue weighted by Gasteiger charge is 2.20. The average Bonchev–Trinajstić information content (AvgIpc) is 2.61. The Balaban J connectivity index is 1.99. The van der Waals surface area contributed by atoms with Gasteiger partial charge < -0.3 is 10.1 Å². The summed E-state index contributed by atoms with van der Waals surface area (Å²) < 4.78 is 44.8. The molecule has 1 amide bonds. The summed E-state index contributed by atoms with van der Waals surface area (Å²) in [7, 11) is -3.63. The van der Waals surface area contributed by atoms with Crippen LogP contribution >= 0.6 is 0 Å². The Morgan fingerprint density at radius 2 is 1.68 bits per heavy atom. The lowest BCUT2D eigenvalue weighted by Crippen LogP contribution is -2.30. The van der Waals surface area contributed by atoms with Crippen molar-refractivity contribution in [2.45, 2.75) is 37.8 Å². The first-order valence-electron chi connectivity index (χ1n) is 8.48. The number of ether oxygens (including phenoxy) is 1. The number of hydrogen-bond donors (Lipinski definition) is 2. The normalized spacial score (nSPS) is 12.5. The van der Waals surface area contributed by atoms with Crippen LogP contribution in [0.2, 0.25) is 0 Å². The van der Waals surface area contributed by atoms with Gasteiger partial charge in [0.2, 0.25) is 10.0 Å². The predicted molar refractivity (Wildman–Crippen MR) is 102 cm³/mol. The Bertz CT molecular complexity index is 959. The van der Waals surface area contributed by atoms with Crippen molar-refractivity contribution in [1.29, 1.82) is 0 Å². The standard InChI is InChI=1S/C19H21FN2O5S/c1-12(2)22-28(25,26)17-9-7-16(8-10-17)21-18(23)13(3)27-19(24)14-5-4-6-15(20)11-14/h4-13,22H,1-3H3,(H,21,23)/t13-/m0/s1. The first kappa shape index (κ1) is 21.5. The molecule has 9 heteroatoms. The summed E-state index contributed by atoms with van der Waals surface area (Å²) in [6.45, 7) is 4.79. The third kappa shape index (κ3) is 5.86. The van der Waals surface area contributed by atoms with Crippen LogP contribution in [0.15, 0.2) is 53.4 Å². The number of benzene rings is 2. The van der Waals surface area contributed by atoms with Crippen LogP contribution < -0.4 is 10.0 Å². The van der Waals surface area contributed by atoms with Crippen LogP contribution in [0, 0.1) is 5.82 Å². The molecule has 28 heavy (non-hydrogen) atoms. The maximum atomic E-state index is 13.2. The maximum absolute atomic E-state index is 13.2. The van der Waals surface area contributed by atoms with Gasteiger partial charge >= 0.3 is 5.97 Å². The van der Waals surface area contributed by atoms with Gasteiger partial charge in [-0.1, -0.05) is 6.07 Å². The van der Waals surface area contributed by atoms with Crippen molar-refractivity contribution < 1.29 is 27.1 Å². The van der Waals surface area contributed by atoms with Crippen molar-refractivity contribution in [3.8, 4) is 0 Å². The summed E-state index contributed by atoms with van der Waals surface area (Å²) >= 11 is 0. The van der Waals surface area contributed by atoms with Crippen LogP contribution in [0.4, 0.5) is 10.1 Å². The quantitative estimate of drug-likeness (QED) is 0.686. The molecule has 0 aliphatic heterocycles. The van der Waals surface area contributed by atoms with Crippen LogP contribution in [0.3, 0.4) is 0 Å². The zero-order chi connectivity index (χ0) is 20.9. The lowest BCUT2D eigenvalue weighted by molar-refractivity contribution is -0.123. The van der Waals surface area contributed by atoms with Crippen molar-refractivity contribution in [2.24, 2.45) is 0 Å². The number of anilines is 1. The van der Waals surface area contributed by atoms with Gasteiger partial charge in [0.25, 0.3) is 5.91 Å². The number of carbonyl (C=O) groups excluding carboxylic acids is 2. The summed E-state index contributed by atoms with van der Waals surface area (Å²) in [5, 5.41) is 2.52. The fraction of sp³-hybridized carbons (Fsp3) is 0.263. The summed E-state index contributed by atoms with van der Waals surface area (Å²) in [5.41, 5.74) is 0.328. The van der Waals surface area contributed by atoms with E-state index in [9.17, 15) is 22.4 Å². The monoisotopic (exact) mass is 408 g/mol. The zero-order valence-corrected chi connectivity index (χ0v) is 16.4. The number of sulfonamides is 1. The highest BCUT2D eigenvalue weighted by molar-refractivity contribution is 7.89. The van der Waals surface area contributed by atoms with Crippen molar-refractivity contribution >= 4 is 27.6 Å². The average molecular weight is 408 g/mol. The van der Waals surface area contributed by atoms with Gasteiger partial charge in [-0.3, -0.25) is 4.79 Å². The second-order valence-electron chi connectivity index (χ2n) is 6.35. The molecule has 2 rings (SSSR count). The van der Waals surface area contributed by atoms with E-state index in [0.717, 1.165) is 6.07 Å². The Hall–Kier alpha value is -2.78. The van der Waals surface area contributed by atoms with Gasteiger partial charge in [-0.2, -0.15) is 0 Å². The van der Waals surface area contributed by atoms with E-state index in [-0.39, 0.29) is 16.5 Å². The number of esters is 1. The Morgan fingerprint density at radius 3 is 2.25 bits per heavy atom. The number of rotatable bonds is 7. The predicted octanol–water partition coefficient (Wildman–Crippen LogP) is 2.70. The van der Waals surface area contributed by atoms with Gasteiger partial charge in [0, 0.05) is 11.7 Å². The minimum Gasteiger partial charge on any atom is -0.449 e. The molecule has 0 saturated heterocycles. The maximum Gasteiger partial charge on any atom is 0.339 e. The lowest BCUT2D eigenvalue weighted by Gasteiger charge is -2.14. The Morgan fingerprint density at radius 1 is 1.04 bits per heavy atom. The molecule has 0 saturated carbocycles. The van der Waals surface area contributed by atoms with E-state index in [1.807, 2.05) is 0 Å². The van der Waals surface area contributed by atoms with Crippen molar-refractivity contribution in [1.82, 2.24) is 4.72 Å². The van der Waals surface area contributed by atoms with E-state index in [1.54, 1.807) is 13.8 Å². The minimum absolute atomic E-state index is 0.00754. The van der Waals surface area contributed by atoms with Crippen molar-refractivity contribution in [2.75, 3.05) is 5.32 Å². The number of hydrogen-bond acceptors (Lipinski definition) is 5. The third-order valence-corrected chi connectivity index (χ3v) is 5.21. The lowest BCUT2D eigenvalue weighted by atomic mass is 10.2. The summed E-state index contributed by atoms with van der Waals surface area (Å²) in [4.78, 5) is 24.2. The molecule has 150 valence electrons. The van der Waals surface area contributed by atoms with E-state index < -0.39 is 33.8 Å². The van der Waals surface area contributed by atoms with E-state index in [0.29, 0.717) is 5.69 Å². The smallest absolute Gasteiger partial charge is 0.339 e. The van der Waals surface area contributed by atoms with Gasteiger partial charge in [0.15, 0.2) is 6.10 Å². The van der Waals surface area contributed by atoms with Gasteiger partial charge in [-0.15, -0.1) is 0 Å². The molecule has 2 aromatic rings. The van der Waals surface area contributed by atoms with E-state index in [1.165, 1.54) is 49.4 Å². The number of amides is 1. The third-order valence-electron chi connectivity index (χ3n) is 3.54. The van der Waals surface area contributed by atoms with E-state index in [4.69, 9.17) is 4.74 Å². The molecule has 0 fully saturated rings. The highest BCUT2D eigenvalue weighted by atomic mass is 32.2. The minimum atomic E-state index is -3.63. The second-order valence-corrected chi connectivity index (χ2v) is 8.06. The summed E-state index contributed by atoms with van der Waals surface area (Å²) in [6, 6.07) is 10.2. The number of carbonyl (C=O) groups is 2. The molecule has 2 aromatic carbocycles. The van der Waals surface area contributed by atoms with E-state index in [2.05, 4.69) is 10.0 Å². The fourth-order valence-corrected chi connectivity index (χ4v) is 3.49. The molecule has 0 spiro atoms. The molecule has 1 atom stereocenters. The molecular formula is C19H21FN2O5S. The molecule has 0 unspecified atom stereocenters. The molecule has 0 aliphatic carbocycles. The van der Waals surface area contributed by atoms with Crippen LogP contribution in [0.1, 0.15) is 31.1 Å². The highest BCUT2D eigenvalue weighted by Crippen LogP contribution is 2.15. The molecule has 0 aliphatic rings. The Labute approximate surface area is 163 Å². The van der Waals surface area contributed by atoms with Crippen molar-refractivity contribution in [3.63, 3.8) is 0 Å². The molecule has 7 nitrogen and oxygen atoms in total. The van der Waals surface area contributed by atoms with Gasteiger partial charge in [-0.25, -0.2) is 22.3 Å². The van der Waals surface area contributed by atoms with Gasteiger partial charge in [0.1, 0.15) is 5.82 Å². The zero-order valence-electron chi connectivity index (χ0n) is 15.6. The first-order valence-corrected chi connectivity index (χ1v) is 9.96. The van der Waals surface area contributed by atoms with Gasteiger partial charge in [0.05, 0.1) is 10.5 Å². The summed E-state index contributed by atoms with van der Waals surface area (Å²) in [6.07, 6.45) is -1.14. The second kappa shape index (κ2) is 8.94. The van der Waals surface area contributed by atoms with Gasteiger partial charge in [-0.05, 0) is 63.2 Å². The largest absolute Gasteiger partial charge is 0.449 e. The molecule has 0 heterocycles. The fourth-order valence-electron chi connectivity index (χ4n) is 2.24. The molecule has 0 bridgehead atoms. The number of nitrogens with one attached hydrogen (secondary N) is 2. The number of halogens is 1. The molecule has 0 radical (unpaired) electrons.